The lowest BCUT2D eigenvalue weighted by Crippen LogP contribution is -2.42. The minimum absolute atomic E-state index is 0.0164. The first-order valence-corrected chi connectivity index (χ1v) is 5.60. The Morgan fingerprint density at radius 2 is 2.53 bits per heavy atom. The van der Waals surface area contributed by atoms with Crippen molar-refractivity contribution in [3.63, 3.8) is 0 Å². The number of rotatable bonds is 3. The number of carbonyl (C=O) groups excluding carboxylic acids is 1. The van der Waals surface area contributed by atoms with Crippen LogP contribution in [-0.2, 0) is 16.1 Å². The number of amides is 1. The molecule has 1 saturated heterocycles. The number of nitrogen functional groups attached to an aromatic ring is 1. The van der Waals surface area contributed by atoms with Crippen LogP contribution >= 0.6 is 0 Å². The summed E-state index contributed by atoms with van der Waals surface area (Å²) in [7, 11) is 1.79. The second-order valence-electron chi connectivity index (χ2n) is 4.24. The van der Waals surface area contributed by atoms with E-state index in [1.807, 2.05) is 6.92 Å². The SMILES string of the molecule is CC1OCCC1N(C)C(=O)Cn1cnc(N)n1. The monoisotopic (exact) mass is 239 g/mol. The van der Waals surface area contributed by atoms with E-state index in [1.165, 1.54) is 11.0 Å². The molecule has 0 aliphatic carbocycles. The highest BCUT2D eigenvalue weighted by Gasteiger charge is 2.30. The fourth-order valence-electron chi connectivity index (χ4n) is 2.05. The van der Waals surface area contributed by atoms with Crippen LogP contribution in [0.3, 0.4) is 0 Å². The van der Waals surface area contributed by atoms with E-state index in [0.29, 0.717) is 6.61 Å². The molecule has 0 aromatic carbocycles. The van der Waals surface area contributed by atoms with Gasteiger partial charge in [0.05, 0.1) is 12.1 Å². The van der Waals surface area contributed by atoms with Gasteiger partial charge in [-0.3, -0.25) is 4.79 Å². The predicted molar refractivity (Wildman–Crippen MR) is 61.0 cm³/mol. The van der Waals surface area contributed by atoms with Crippen molar-refractivity contribution in [2.75, 3.05) is 19.4 Å². The summed E-state index contributed by atoms with van der Waals surface area (Å²) in [6, 6.07) is 0.142. The number of likely N-dealkylation sites (N-methyl/N-ethyl adjacent to an activating group) is 1. The Labute approximate surface area is 99.5 Å². The normalized spacial score (nSPS) is 23.9. The van der Waals surface area contributed by atoms with Crippen LogP contribution in [0.5, 0.6) is 0 Å². The second kappa shape index (κ2) is 4.70. The topological polar surface area (TPSA) is 86.3 Å². The molecule has 2 rings (SSSR count). The van der Waals surface area contributed by atoms with Crippen molar-refractivity contribution in [1.82, 2.24) is 19.7 Å². The molecule has 7 nitrogen and oxygen atoms in total. The molecule has 2 N–H and O–H groups in total. The van der Waals surface area contributed by atoms with E-state index in [1.54, 1.807) is 11.9 Å². The van der Waals surface area contributed by atoms with Gasteiger partial charge in [-0.25, -0.2) is 9.67 Å². The first-order chi connectivity index (χ1) is 8.08. The van der Waals surface area contributed by atoms with E-state index in [9.17, 15) is 4.79 Å². The second-order valence-corrected chi connectivity index (χ2v) is 4.24. The molecule has 1 aliphatic rings. The molecular formula is C10H17N5O2. The maximum Gasteiger partial charge on any atom is 0.244 e. The maximum atomic E-state index is 12.0. The average molecular weight is 239 g/mol. The van der Waals surface area contributed by atoms with Gasteiger partial charge in [-0.05, 0) is 13.3 Å². The van der Waals surface area contributed by atoms with Crippen molar-refractivity contribution in [3.8, 4) is 0 Å². The molecule has 1 aliphatic heterocycles. The van der Waals surface area contributed by atoms with Gasteiger partial charge in [0.25, 0.3) is 0 Å². The summed E-state index contributed by atoms with van der Waals surface area (Å²) < 4.78 is 6.88. The van der Waals surface area contributed by atoms with E-state index in [2.05, 4.69) is 10.1 Å². The summed E-state index contributed by atoms with van der Waals surface area (Å²) in [6.07, 6.45) is 2.42. The summed E-state index contributed by atoms with van der Waals surface area (Å²) in [4.78, 5) is 17.5. The third kappa shape index (κ3) is 2.55. The third-order valence-electron chi connectivity index (χ3n) is 3.08. The van der Waals surface area contributed by atoms with Crippen molar-refractivity contribution in [2.24, 2.45) is 0 Å². The Hall–Kier alpha value is -1.63. The molecule has 1 aromatic rings. The zero-order chi connectivity index (χ0) is 12.4. The van der Waals surface area contributed by atoms with Gasteiger partial charge in [0.1, 0.15) is 12.9 Å². The molecule has 0 saturated carbocycles. The van der Waals surface area contributed by atoms with Gasteiger partial charge in [0, 0.05) is 13.7 Å². The van der Waals surface area contributed by atoms with Crippen LogP contribution in [0.2, 0.25) is 0 Å². The van der Waals surface area contributed by atoms with Crippen LogP contribution in [0, 0.1) is 0 Å². The van der Waals surface area contributed by atoms with Crippen LogP contribution in [0.25, 0.3) is 0 Å². The summed E-state index contributed by atoms with van der Waals surface area (Å²) in [5, 5.41) is 3.88. The van der Waals surface area contributed by atoms with Gasteiger partial charge in [0.15, 0.2) is 0 Å². The molecule has 2 unspecified atom stereocenters. The van der Waals surface area contributed by atoms with Crippen molar-refractivity contribution in [2.45, 2.75) is 32.0 Å². The van der Waals surface area contributed by atoms with Crippen LogP contribution in [0.15, 0.2) is 6.33 Å². The minimum Gasteiger partial charge on any atom is -0.376 e. The molecule has 94 valence electrons. The van der Waals surface area contributed by atoms with E-state index in [-0.39, 0.29) is 30.5 Å². The zero-order valence-corrected chi connectivity index (χ0v) is 10.0. The quantitative estimate of drug-likeness (QED) is 0.768. The molecule has 0 radical (unpaired) electrons. The smallest absolute Gasteiger partial charge is 0.244 e. The number of hydrogen-bond acceptors (Lipinski definition) is 5. The van der Waals surface area contributed by atoms with E-state index < -0.39 is 0 Å². The van der Waals surface area contributed by atoms with Gasteiger partial charge in [-0.15, -0.1) is 5.10 Å². The lowest BCUT2D eigenvalue weighted by Gasteiger charge is -2.26. The molecule has 17 heavy (non-hydrogen) atoms. The fourth-order valence-corrected chi connectivity index (χ4v) is 2.05. The first-order valence-electron chi connectivity index (χ1n) is 5.60. The first kappa shape index (κ1) is 11.8. The van der Waals surface area contributed by atoms with Gasteiger partial charge < -0.3 is 15.4 Å². The highest BCUT2D eigenvalue weighted by Crippen LogP contribution is 2.18. The molecule has 1 fully saturated rings. The number of nitrogens with two attached hydrogens (primary N) is 1. The number of nitrogens with zero attached hydrogens (tertiary/aromatic N) is 4. The molecule has 2 atom stereocenters. The molecular weight excluding hydrogens is 222 g/mol. The van der Waals surface area contributed by atoms with E-state index in [4.69, 9.17) is 10.5 Å². The highest BCUT2D eigenvalue weighted by molar-refractivity contribution is 5.76. The summed E-state index contributed by atoms with van der Waals surface area (Å²) in [5.74, 6) is 0.162. The average Bonchev–Trinajstić information content (AvgIpc) is 2.86. The number of carbonyl (C=O) groups is 1. The standard InChI is InChI=1S/C10H17N5O2/c1-7-8(3-4-17-7)14(2)9(16)5-15-6-12-10(11)13-15/h6-8H,3-5H2,1-2H3,(H2,11,13). The molecule has 7 heteroatoms. The lowest BCUT2D eigenvalue weighted by molar-refractivity contribution is -0.133. The third-order valence-corrected chi connectivity index (χ3v) is 3.08. The molecule has 0 bridgehead atoms. The Kier molecular flexibility index (Phi) is 3.28. The van der Waals surface area contributed by atoms with E-state index >= 15 is 0 Å². The van der Waals surface area contributed by atoms with Crippen molar-refractivity contribution in [3.05, 3.63) is 6.33 Å². The van der Waals surface area contributed by atoms with Crippen molar-refractivity contribution >= 4 is 11.9 Å². The molecule has 2 heterocycles. The van der Waals surface area contributed by atoms with Gasteiger partial charge in [-0.2, -0.15) is 0 Å². The molecule has 1 amide bonds. The molecule has 1 aromatic heterocycles. The Morgan fingerprint density at radius 3 is 3.06 bits per heavy atom. The number of anilines is 1. The minimum atomic E-state index is -0.0164. The predicted octanol–water partition coefficient (Wildman–Crippen LogP) is -0.504. The summed E-state index contributed by atoms with van der Waals surface area (Å²) in [6.45, 7) is 2.85. The van der Waals surface area contributed by atoms with Crippen molar-refractivity contribution < 1.29 is 9.53 Å². The van der Waals surface area contributed by atoms with Crippen LogP contribution in [0.1, 0.15) is 13.3 Å². The number of ether oxygens (including phenoxy) is 1. The Bertz CT molecular complexity index is 405. The number of aromatic nitrogens is 3. The number of hydrogen-bond donors (Lipinski definition) is 1. The van der Waals surface area contributed by atoms with Crippen molar-refractivity contribution in [1.29, 1.82) is 0 Å². The maximum absolute atomic E-state index is 12.0. The van der Waals surface area contributed by atoms with Gasteiger partial charge >= 0.3 is 0 Å². The zero-order valence-electron chi connectivity index (χ0n) is 10.0. The fraction of sp³-hybridized carbons (Fsp3) is 0.700. The van der Waals surface area contributed by atoms with Crippen LogP contribution < -0.4 is 5.73 Å². The Morgan fingerprint density at radius 1 is 1.76 bits per heavy atom. The highest BCUT2D eigenvalue weighted by atomic mass is 16.5. The molecule has 0 spiro atoms. The lowest BCUT2D eigenvalue weighted by atomic mass is 10.1. The largest absolute Gasteiger partial charge is 0.376 e. The summed E-state index contributed by atoms with van der Waals surface area (Å²) >= 11 is 0. The van der Waals surface area contributed by atoms with Crippen LogP contribution in [-0.4, -0.2) is 51.4 Å². The van der Waals surface area contributed by atoms with Gasteiger partial charge in [-0.1, -0.05) is 0 Å². The van der Waals surface area contributed by atoms with E-state index in [0.717, 1.165) is 6.42 Å². The summed E-state index contributed by atoms with van der Waals surface area (Å²) in [5.41, 5.74) is 5.39. The Balaban J connectivity index is 1.95. The van der Waals surface area contributed by atoms with Gasteiger partial charge in [0.2, 0.25) is 11.9 Å². The van der Waals surface area contributed by atoms with Crippen LogP contribution in [0.4, 0.5) is 5.95 Å².